The first-order valence-corrected chi connectivity index (χ1v) is 9.66. The van der Waals surface area contributed by atoms with Gasteiger partial charge in [0, 0.05) is 0 Å². The summed E-state index contributed by atoms with van der Waals surface area (Å²) in [6, 6.07) is 0. The van der Waals surface area contributed by atoms with Gasteiger partial charge in [-0.25, -0.2) is 0 Å². The Labute approximate surface area is 152 Å². The number of aromatic amines is 1. The van der Waals surface area contributed by atoms with E-state index < -0.39 is 23.2 Å². The molecule has 1 aromatic heterocycles. The van der Waals surface area contributed by atoms with E-state index in [1.807, 2.05) is 0 Å². The maximum absolute atomic E-state index is 3.58. The van der Waals surface area contributed by atoms with Crippen LogP contribution in [-0.2, 0) is 23.2 Å². The van der Waals surface area contributed by atoms with Gasteiger partial charge in [0.15, 0.2) is 0 Å². The van der Waals surface area contributed by atoms with Crippen LogP contribution in [0.15, 0.2) is 28.5 Å². The van der Waals surface area contributed by atoms with Crippen molar-refractivity contribution in [2.75, 3.05) is 0 Å². The molecule has 1 N–H and O–H groups in total. The third-order valence-electron chi connectivity index (χ3n) is 5.62. The Balaban J connectivity index is 0.00000110. The van der Waals surface area contributed by atoms with Gasteiger partial charge >= 0.3 is 128 Å². The summed E-state index contributed by atoms with van der Waals surface area (Å²) >= 11 is -0.663. The summed E-state index contributed by atoms with van der Waals surface area (Å²) in [7, 11) is 0. The fraction of sp³-hybridized carbons (Fsp3) is 0.529. The van der Waals surface area contributed by atoms with Crippen molar-refractivity contribution in [2.45, 2.75) is 51.1 Å². The van der Waals surface area contributed by atoms with Crippen LogP contribution in [-0.4, -0.2) is 4.98 Å². The second kappa shape index (κ2) is 6.38. The first-order chi connectivity index (χ1) is 8.89. The largest absolute Gasteiger partial charge is 1.00 e. The van der Waals surface area contributed by atoms with E-state index in [0.29, 0.717) is 3.12 Å². The molecular weight excluding hydrogens is 380 g/mol. The normalized spacial score (nSPS) is 26.7. The molecule has 0 amide bonds. The van der Waals surface area contributed by atoms with E-state index in [9.17, 15) is 0 Å². The molecule has 0 radical (unpaired) electrons. The molecule has 1 aromatic rings. The zero-order valence-electron chi connectivity index (χ0n) is 13.6. The van der Waals surface area contributed by atoms with E-state index in [1.165, 1.54) is 17.5 Å². The number of fused-ring (bicyclic) bond motifs is 1. The smallest absolute Gasteiger partial charge is 1.00 e. The van der Waals surface area contributed by atoms with Gasteiger partial charge in [0.1, 0.15) is 0 Å². The number of rotatable bonds is 2. The fourth-order valence-electron chi connectivity index (χ4n) is 3.85. The van der Waals surface area contributed by atoms with E-state index in [0.717, 1.165) is 5.92 Å². The second-order valence-electron chi connectivity index (χ2n) is 6.36. The average Bonchev–Trinajstić information content (AvgIpc) is 2.76. The van der Waals surface area contributed by atoms with Crippen LogP contribution >= 0.6 is 0 Å². The van der Waals surface area contributed by atoms with Crippen molar-refractivity contribution in [3.05, 3.63) is 39.6 Å². The average molecular weight is 404 g/mol. The quantitative estimate of drug-likeness (QED) is 0.601. The van der Waals surface area contributed by atoms with Crippen molar-refractivity contribution in [1.29, 1.82) is 0 Å². The van der Waals surface area contributed by atoms with E-state index in [1.54, 1.807) is 25.7 Å². The van der Waals surface area contributed by atoms with Crippen molar-refractivity contribution < 1.29 is 48.0 Å². The Kier molecular flexibility index (Phi) is 5.85. The monoisotopic (exact) mass is 401 g/mol. The molecule has 2 aliphatic rings. The number of hydrogen-bond acceptors (Lipinski definition) is 0. The van der Waals surface area contributed by atoms with E-state index in [4.69, 9.17) is 0 Å². The number of aromatic nitrogens is 1. The summed E-state index contributed by atoms with van der Waals surface area (Å²) in [6.07, 6.45) is 3.53. The van der Waals surface area contributed by atoms with Crippen molar-refractivity contribution in [3.63, 3.8) is 0 Å². The number of H-pyrrole nitrogens is 1. The summed E-state index contributed by atoms with van der Waals surface area (Å²) in [5, 5.41) is 0. The minimum Gasteiger partial charge on any atom is -1.00 e. The molecular formula is C17H23Cl2NZr. The van der Waals surface area contributed by atoms with Gasteiger partial charge in [-0.3, -0.25) is 0 Å². The van der Waals surface area contributed by atoms with Crippen LogP contribution in [0.25, 0.3) is 0 Å². The molecule has 2 aliphatic carbocycles. The molecule has 3 rings (SSSR count). The van der Waals surface area contributed by atoms with Crippen molar-refractivity contribution in [1.82, 2.24) is 4.98 Å². The molecule has 0 spiro atoms. The molecule has 114 valence electrons. The Morgan fingerprint density at radius 1 is 1.10 bits per heavy atom. The van der Waals surface area contributed by atoms with Gasteiger partial charge < -0.3 is 24.8 Å². The fourth-order valence-corrected chi connectivity index (χ4v) is 8.98. The summed E-state index contributed by atoms with van der Waals surface area (Å²) in [4.78, 5) is 3.58. The zero-order chi connectivity index (χ0) is 13.9. The van der Waals surface area contributed by atoms with Crippen LogP contribution in [0.3, 0.4) is 0 Å². The number of halogens is 2. The maximum atomic E-state index is 3.58. The van der Waals surface area contributed by atoms with E-state index >= 15 is 0 Å². The van der Waals surface area contributed by atoms with Crippen molar-refractivity contribution in [2.24, 2.45) is 5.92 Å². The molecule has 2 unspecified atom stereocenters. The molecule has 21 heavy (non-hydrogen) atoms. The summed E-state index contributed by atoms with van der Waals surface area (Å²) in [6.45, 7) is 14.0. The van der Waals surface area contributed by atoms with Gasteiger partial charge in [-0.05, 0) is 0 Å². The van der Waals surface area contributed by atoms with Crippen LogP contribution in [0.5, 0.6) is 0 Å². The molecule has 1 fully saturated rings. The van der Waals surface area contributed by atoms with Crippen LogP contribution in [0.2, 0.25) is 3.12 Å². The molecule has 0 aliphatic heterocycles. The minimum absolute atomic E-state index is 0. The van der Waals surface area contributed by atoms with Gasteiger partial charge in [0.05, 0.1) is 0 Å². The standard InChI is InChI=1S/C11H15.C6H8N.2ClH.Zr/c1-6-5-10-8(3)7(2)9(4)11(6)10;1-5-3-7-4-6(5)2;;;/h6H,5H2,1-4H3;3,7H,1-2H3;2*1H;/q;;;;+2/p-2. The van der Waals surface area contributed by atoms with E-state index in [-0.39, 0.29) is 24.8 Å². The predicted octanol–water partition coefficient (Wildman–Crippen LogP) is -1.79. The molecule has 0 bridgehead atoms. The molecule has 1 heterocycles. The van der Waals surface area contributed by atoms with Gasteiger partial charge in [0.25, 0.3) is 0 Å². The Morgan fingerprint density at radius 2 is 1.71 bits per heavy atom. The van der Waals surface area contributed by atoms with Gasteiger partial charge in [-0.15, -0.1) is 0 Å². The summed E-state index contributed by atoms with van der Waals surface area (Å²) < 4.78 is 2.10. The molecule has 4 heteroatoms. The van der Waals surface area contributed by atoms with E-state index in [2.05, 4.69) is 52.7 Å². The van der Waals surface area contributed by atoms with Crippen LogP contribution in [0.1, 0.15) is 45.2 Å². The molecule has 0 saturated heterocycles. The zero-order valence-corrected chi connectivity index (χ0v) is 17.6. The van der Waals surface area contributed by atoms with Crippen molar-refractivity contribution >= 4 is 3.40 Å². The third kappa shape index (κ3) is 2.46. The second-order valence-corrected chi connectivity index (χ2v) is 10.1. The molecule has 1 saturated carbocycles. The number of aryl methyl sites for hydroxylation is 1. The number of hydrogen-bond donors (Lipinski definition) is 1. The topological polar surface area (TPSA) is 15.8 Å². The summed E-state index contributed by atoms with van der Waals surface area (Å²) in [5.41, 5.74) is 9.62. The Bertz CT molecular complexity index is 607. The Morgan fingerprint density at radius 3 is 2.14 bits per heavy atom. The maximum Gasteiger partial charge on any atom is -1.00 e. The van der Waals surface area contributed by atoms with Gasteiger partial charge in [-0.2, -0.15) is 0 Å². The first kappa shape index (κ1) is 19.3. The number of allylic oxidation sites excluding steroid dienone is 4. The Hall–Kier alpha value is 0.223. The number of nitrogens with one attached hydrogen (secondary N) is 1. The predicted molar refractivity (Wildman–Crippen MR) is 77.4 cm³/mol. The van der Waals surface area contributed by atoms with Gasteiger partial charge in [-0.1, -0.05) is 0 Å². The molecule has 1 nitrogen and oxygen atoms in total. The molecule has 0 aromatic carbocycles. The first-order valence-electron chi connectivity index (χ1n) is 7.21. The van der Waals surface area contributed by atoms with Gasteiger partial charge in [0.2, 0.25) is 0 Å². The van der Waals surface area contributed by atoms with Crippen LogP contribution < -0.4 is 28.2 Å². The van der Waals surface area contributed by atoms with Crippen LogP contribution in [0.4, 0.5) is 0 Å². The van der Waals surface area contributed by atoms with Crippen LogP contribution in [0, 0.1) is 19.8 Å². The SMILES string of the molecule is CC1=C(C)[C]2([Zr+2][c]3[nH]cc(C)c3C)C(=C1C)CC2C.[Cl-].[Cl-]. The summed E-state index contributed by atoms with van der Waals surface area (Å²) in [5.74, 6) is 0.851. The molecule has 2 atom stereocenters. The minimum atomic E-state index is -0.663. The van der Waals surface area contributed by atoms with Crippen molar-refractivity contribution in [3.8, 4) is 0 Å². The third-order valence-corrected chi connectivity index (χ3v) is 11.4.